The van der Waals surface area contributed by atoms with Gasteiger partial charge in [0.2, 0.25) is 5.79 Å². The number of hydrogen-bond acceptors (Lipinski definition) is 10. The molecule has 0 radical (unpaired) electrons. The lowest BCUT2D eigenvalue weighted by atomic mass is 9.55. The van der Waals surface area contributed by atoms with E-state index in [4.69, 9.17) is 28.9 Å². The van der Waals surface area contributed by atoms with Crippen molar-refractivity contribution < 1.29 is 43.6 Å². The third-order valence-corrected chi connectivity index (χ3v) is 14.9. The number of aliphatic hydroxyl groups excluding tert-OH is 2. The Morgan fingerprint density at radius 2 is 1.56 bits per heavy atom. The zero-order chi connectivity index (χ0) is 50.5. The van der Waals surface area contributed by atoms with Gasteiger partial charge in [-0.3, -0.25) is 4.90 Å². The highest BCUT2D eigenvalue weighted by atomic mass is 16.7. The Morgan fingerprint density at radius 3 is 2.29 bits per heavy atom. The van der Waals surface area contributed by atoms with E-state index in [1.165, 1.54) is 52.1 Å². The lowest BCUT2D eigenvalue weighted by molar-refractivity contribution is -0.256. The van der Waals surface area contributed by atoms with Gasteiger partial charge in [0, 0.05) is 37.7 Å². The molecule has 1 fully saturated rings. The molecule has 3 aliphatic rings. The number of amides is 2. The van der Waals surface area contributed by atoms with Gasteiger partial charge in [-0.05, 0) is 89.6 Å². The third kappa shape index (κ3) is 13.7. The van der Waals surface area contributed by atoms with E-state index >= 15 is 0 Å². The first-order valence-corrected chi connectivity index (χ1v) is 26.9. The second-order valence-electron chi connectivity index (χ2n) is 19.8. The van der Waals surface area contributed by atoms with E-state index in [-0.39, 0.29) is 57.1 Å². The van der Waals surface area contributed by atoms with Crippen LogP contribution in [-0.4, -0.2) is 78.3 Å². The molecule has 2 aliphatic carbocycles. The third-order valence-electron chi connectivity index (χ3n) is 14.9. The summed E-state index contributed by atoms with van der Waals surface area (Å²) in [5.74, 6) is -1.43. The summed E-state index contributed by atoms with van der Waals surface area (Å²) < 4.78 is 26.3. The molecule has 72 heavy (non-hydrogen) atoms. The molecule has 12 heteroatoms. The summed E-state index contributed by atoms with van der Waals surface area (Å²) in [6.45, 7) is 7.51. The summed E-state index contributed by atoms with van der Waals surface area (Å²) >= 11 is 0. The van der Waals surface area contributed by atoms with Gasteiger partial charge in [-0.15, -0.1) is 6.58 Å². The number of carbonyl (C=O) groups excluding carboxylic acids is 2. The minimum atomic E-state index is -1.50. The van der Waals surface area contributed by atoms with Crippen molar-refractivity contribution in [3.05, 3.63) is 132 Å². The predicted molar refractivity (Wildman–Crippen MR) is 284 cm³/mol. The van der Waals surface area contributed by atoms with Crippen LogP contribution in [0.2, 0.25) is 0 Å². The van der Waals surface area contributed by atoms with Gasteiger partial charge < -0.3 is 39.3 Å². The Morgan fingerprint density at radius 1 is 0.847 bits per heavy atom. The number of hydrogen-bond donors (Lipinski definition) is 3. The number of ether oxygens (including phenoxy) is 4. The van der Waals surface area contributed by atoms with Crippen LogP contribution in [0.1, 0.15) is 139 Å². The maximum absolute atomic E-state index is 14.6. The van der Waals surface area contributed by atoms with Crippen molar-refractivity contribution in [3.63, 3.8) is 0 Å². The first-order valence-electron chi connectivity index (χ1n) is 26.9. The smallest absolute Gasteiger partial charge is 0.412 e. The summed E-state index contributed by atoms with van der Waals surface area (Å²) in [6, 6.07) is 28.8. The molecule has 6 atom stereocenters. The maximum Gasteiger partial charge on any atom is 0.412 e. The number of aliphatic hydroxyl groups is 2. The maximum atomic E-state index is 14.6. The monoisotopic (exact) mass is 986 g/mol. The van der Waals surface area contributed by atoms with Gasteiger partial charge in [0.25, 0.3) is 0 Å². The standard InChI is InChI=1S/C60H79N3O9/c1-4-6-7-8-9-10-11-12-13-21-35-61-58(66)71-48-33-34-54-52(40-48)56-50(32-20-23-37-65)46(28-19-22-36-64)39-51-53(62-70-43-44-25-15-14-16-26-44)41-55(60(72-54,57(51)56)69-38-5-2)63(59(67)68-3)42-47-30-24-29-45-27-17-18-31-49(45)47/h5,14-18,24-27,29-31,33-34,39-40,46,50,55-57,64-65H,2,4,6-13,19-23,28,32,35-38,41-43H2,1,3H3,(H,61,66). The van der Waals surface area contributed by atoms with Gasteiger partial charge >= 0.3 is 12.2 Å². The zero-order valence-corrected chi connectivity index (χ0v) is 42.8. The summed E-state index contributed by atoms with van der Waals surface area (Å²) in [5, 5.41) is 30.1. The number of methoxy groups -OCH3 is 1. The van der Waals surface area contributed by atoms with Crippen LogP contribution < -0.4 is 14.8 Å². The Bertz CT molecular complexity index is 2400. The van der Waals surface area contributed by atoms with Crippen LogP contribution in [0.15, 0.2) is 120 Å². The number of nitrogens with zero attached hydrogens (tertiary/aromatic N) is 2. The van der Waals surface area contributed by atoms with Crippen LogP contribution in [0.3, 0.4) is 0 Å². The lowest BCUT2D eigenvalue weighted by Gasteiger charge is -2.59. The van der Waals surface area contributed by atoms with Crippen molar-refractivity contribution in [2.24, 2.45) is 22.9 Å². The topological polar surface area (TPSA) is 148 Å². The molecule has 1 aliphatic heterocycles. The van der Waals surface area contributed by atoms with Gasteiger partial charge in [0.15, 0.2) is 0 Å². The van der Waals surface area contributed by atoms with Crippen LogP contribution in [0.25, 0.3) is 10.8 Å². The van der Waals surface area contributed by atoms with Gasteiger partial charge in [-0.1, -0.05) is 168 Å². The number of unbranched alkanes of at least 4 members (excludes halogenated alkanes) is 11. The number of benzene rings is 4. The van der Waals surface area contributed by atoms with E-state index in [1.54, 1.807) is 17.0 Å². The quantitative estimate of drug-likeness (QED) is 0.0275. The molecule has 4 aromatic rings. The zero-order valence-electron chi connectivity index (χ0n) is 42.8. The molecule has 1 saturated carbocycles. The molecule has 4 aromatic carbocycles. The minimum absolute atomic E-state index is 0.0198. The molecular weight excluding hydrogens is 907 g/mol. The molecule has 1 heterocycles. The van der Waals surface area contributed by atoms with Crippen molar-refractivity contribution in [3.8, 4) is 11.5 Å². The van der Waals surface area contributed by atoms with Crippen molar-refractivity contribution >= 4 is 28.7 Å². The number of rotatable bonds is 29. The van der Waals surface area contributed by atoms with Crippen molar-refractivity contribution in [1.29, 1.82) is 0 Å². The fourth-order valence-corrected chi connectivity index (χ4v) is 11.4. The van der Waals surface area contributed by atoms with Crippen molar-refractivity contribution in [1.82, 2.24) is 10.2 Å². The molecule has 6 unspecified atom stereocenters. The normalized spacial score (nSPS) is 21.5. The van der Waals surface area contributed by atoms with Crippen molar-refractivity contribution in [2.75, 3.05) is 33.5 Å². The van der Waals surface area contributed by atoms with E-state index in [2.05, 4.69) is 43.1 Å². The Hall–Kier alpha value is -5.69. The molecule has 0 aromatic heterocycles. The SMILES string of the molecule is C=CCOC12Oc3ccc(OC(=O)NCCCCCCCCCCCC)cc3C3C(CCCCO)C(CCCCO)C=C(C(=NOCc4ccccc4)CC1N(Cc1cccc4ccccc14)C(=O)OC)C32. The van der Waals surface area contributed by atoms with Crippen LogP contribution in [0.4, 0.5) is 9.59 Å². The Labute approximate surface area is 427 Å². The van der Waals surface area contributed by atoms with Gasteiger partial charge in [0.05, 0.1) is 31.9 Å². The Balaban J connectivity index is 1.29. The van der Waals surface area contributed by atoms with Crippen LogP contribution in [0, 0.1) is 17.8 Å². The highest BCUT2D eigenvalue weighted by Crippen LogP contribution is 2.62. The minimum Gasteiger partial charge on any atom is -0.459 e. The molecule has 3 N–H and O–H groups in total. The first kappa shape index (κ1) is 54.1. The van der Waals surface area contributed by atoms with Crippen LogP contribution >= 0.6 is 0 Å². The first-order chi connectivity index (χ1) is 35.3. The highest BCUT2D eigenvalue weighted by Gasteiger charge is 2.65. The predicted octanol–water partition coefficient (Wildman–Crippen LogP) is 13.0. The van der Waals surface area contributed by atoms with Crippen LogP contribution in [-0.2, 0) is 27.5 Å². The van der Waals surface area contributed by atoms with Gasteiger partial charge in [-0.2, -0.15) is 0 Å². The molecular formula is C60H79N3O9. The fraction of sp³-hybridized carbons (Fsp3) is 0.517. The fourth-order valence-electron chi connectivity index (χ4n) is 11.4. The van der Waals surface area contributed by atoms with E-state index in [1.807, 2.05) is 66.7 Å². The molecule has 0 spiro atoms. The van der Waals surface area contributed by atoms with Crippen molar-refractivity contribution in [2.45, 2.75) is 147 Å². The average Bonchev–Trinajstić information content (AvgIpc) is 3.40. The number of nitrogens with one attached hydrogen (secondary N) is 1. The van der Waals surface area contributed by atoms with E-state index < -0.39 is 29.9 Å². The second-order valence-corrected chi connectivity index (χ2v) is 19.8. The molecule has 2 amide bonds. The summed E-state index contributed by atoms with van der Waals surface area (Å²) in [7, 11) is 1.39. The lowest BCUT2D eigenvalue weighted by Crippen LogP contribution is -2.70. The average molecular weight is 986 g/mol. The second kappa shape index (κ2) is 27.9. The number of carbonyl (C=O) groups is 2. The summed E-state index contributed by atoms with van der Waals surface area (Å²) in [4.78, 5) is 36.1. The molecule has 0 bridgehead atoms. The van der Waals surface area contributed by atoms with E-state index in [9.17, 15) is 19.8 Å². The Kier molecular flexibility index (Phi) is 21.0. The molecule has 12 nitrogen and oxygen atoms in total. The number of oxime groups is 1. The van der Waals surface area contributed by atoms with E-state index in [0.717, 1.165) is 78.0 Å². The van der Waals surface area contributed by atoms with Crippen LogP contribution in [0.5, 0.6) is 11.5 Å². The molecule has 0 saturated heterocycles. The summed E-state index contributed by atoms with van der Waals surface area (Å²) in [5.41, 5.74) is 4.31. The molecule has 7 rings (SSSR count). The number of allylic oxidation sites excluding steroid dienone is 1. The summed E-state index contributed by atoms with van der Waals surface area (Å²) in [6.07, 6.45) is 19.6. The number of fused-ring (bicyclic) bond motifs is 3. The largest absolute Gasteiger partial charge is 0.459 e. The van der Waals surface area contributed by atoms with Gasteiger partial charge in [-0.25, -0.2) is 9.59 Å². The highest BCUT2D eigenvalue weighted by molar-refractivity contribution is 6.03. The molecule has 388 valence electrons. The van der Waals surface area contributed by atoms with E-state index in [0.29, 0.717) is 36.6 Å². The van der Waals surface area contributed by atoms with Gasteiger partial charge in [0.1, 0.15) is 24.1 Å².